The quantitative estimate of drug-likeness (QED) is 0.851. The largest absolute Gasteiger partial charge is 0.330 e. The molecule has 94 valence electrons. The second kappa shape index (κ2) is 4.95. The van der Waals surface area contributed by atoms with Gasteiger partial charge in [-0.15, -0.1) is 0 Å². The number of halogens is 2. The van der Waals surface area contributed by atoms with Gasteiger partial charge in [-0.25, -0.2) is 4.39 Å². The fourth-order valence-electron chi connectivity index (χ4n) is 2.92. The van der Waals surface area contributed by atoms with Crippen LogP contribution in [0.3, 0.4) is 0 Å². The van der Waals surface area contributed by atoms with Crippen molar-refractivity contribution in [2.24, 2.45) is 5.73 Å². The van der Waals surface area contributed by atoms with Crippen LogP contribution in [0.5, 0.6) is 0 Å². The lowest BCUT2D eigenvalue weighted by Crippen LogP contribution is -2.38. The van der Waals surface area contributed by atoms with Gasteiger partial charge in [0, 0.05) is 17.0 Å². The van der Waals surface area contributed by atoms with E-state index in [9.17, 15) is 4.39 Å². The molecule has 1 fully saturated rings. The number of hydrogen-bond donors (Lipinski definition) is 1. The zero-order valence-electron chi connectivity index (χ0n) is 10.2. The first kappa shape index (κ1) is 12.8. The van der Waals surface area contributed by atoms with Gasteiger partial charge in [-0.3, -0.25) is 0 Å². The summed E-state index contributed by atoms with van der Waals surface area (Å²) in [6, 6.07) is 3.44. The van der Waals surface area contributed by atoms with Crippen LogP contribution in [0.25, 0.3) is 0 Å². The van der Waals surface area contributed by atoms with Crippen LogP contribution in [0.2, 0.25) is 5.02 Å². The summed E-state index contributed by atoms with van der Waals surface area (Å²) in [4.78, 5) is 0. The minimum Gasteiger partial charge on any atom is -0.330 e. The molecule has 0 radical (unpaired) electrons. The molecular formula is C14H19ClFN. The van der Waals surface area contributed by atoms with Crippen molar-refractivity contribution in [2.45, 2.75) is 44.4 Å². The summed E-state index contributed by atoms with van der Waals surface area (Å²) in [7, 11) is 0. The molecule has 1 aromatic rings. The summed E-state index contributed by atoms with van der Waals surface area (Å²) < 4.78 is 14.3. The van der Waals surface area contributed by atoms with Crippen molar-refractivity contribution < 1.29 is 4.39 Å². The Labute approximate surface area is 107 Å². The fraction of sp³-hybridized carbons (Fsp3) is 0.571. The van der Waals surface area contributed by atoms with Crippen molar-refractivity contribution in [1.29, 1.82) is 0 Å². The van der Waals surface area contributed by atoms with Gasteiger partial charge in [0.05, 0.1) is 0 Å². The summed E-state index contributed by atoms with van der Waals surface area (Å²) >= 11 is 6.05. The molecule has 0 bridgehead atoms. The first-order valence-electron chi connectivity index (χ1n) is 6.25. The third kappa shape index (κ3) is 2.34. The molecule has 0 spiro atoms. The molecule has 1 saturated carbocycles. The lowest BCUT2D eigenvalue weighted by Gasteiger charge is -2.37. The molecule has 0 heterocycles. The molecule has 2 rings (SSSR count). The zero-order valence-corrected chi connectivity index (χ0v) is 11.0. The average molecular weight is 256 g/mol. The van der Waals surface area contributed by atoms with Gasteiger partial charge in [-0.2, -0.15) is 0 Å². The van der Waals surface area contributed by atoms with Gasteiger partial charge in [-0.1, -0.05) is 30.9 Å². The molecule has 0 saturated heterocycles. The van der Waals surface area contributed by atoms with E-state index in [-0.39, 0.29) is 11.2 Å². The Morgan fingerprint density at radius 1 is 1.29 bits per heavy atom. The maximum Gasteiger partial charge on any atom is 0.130 e. The van der Waals surface area contributed by atoms with Gasteiger partial charge >= 0.3 is 0 Å². The Balaban J connectivity index is 2.49. The SMILES string of the molecule is Cc1cc(Cl)cc(C2(CN)CCCCC2)c1F. The molecule has 17 heavy (non-hydrogen) atoms. The first-order valence-corrected chi connectivity index (χ1v) is 6.63. The number of benzene rings is 1. The van der Waals surface area contributed by atoms with Crippen LogP contribution in [0.4, 0.5) is 4.39 Å². The molecule has 2 N–H and O–H groups in total. The molecule has 0 amide bonds. The minimum atomic E-state index is -0.196. The molecule has 1 aliphatic rings. The number of rotatable bonds is 2. The zero-order chi connectivity index (χ0) is 12.5. The Bertz CT molecular complexity index is 411. The van der Waals surface area contributed by atoms with E-state index in [0.29, 0.717) is 17.1 Å². The van der Waals surface area contributed by atoms with Gasteiger partial charge < -0.3 is 5.73 Å². The lowest BCUT2D eigenvalue weighted by molar-refractivity contribution is 0.291. The maximum atomic E-state index is 14.3. The van der Waals surface area contributed by atoms with Gasteiger partial charge in [0.25, 0.3) is 0 Å². The third-order valence-corrected chi connectivity index (χ3v) is 4.21. The van der Waals surface area contributed by atoms with Crippen molar-refractivity contribution in [3.05, 3.63) is 34.1 Å². The van der Waals surface area contributed by atoms with Crippen LogP contribution >= 0.6 is 11.6 Å². The van der Waals surface area contributed by atoms with Crippen LogP contribution in [0.15, 0.2) is 12.1 Å². The van der Waals surface area contributed by atoms with E-state index in [1.54, 1.807) is 19.1 Å². The number of nitrogens with two attached hydrogens (primary N) is 1. The summed E-state index contributed by atoms with van der Waals surface area (Å²) in [5, 5.41) is 0.609. The Morgan fingerprint density at radius 2 is 1.94 bits per heavy atom. The Hall–Kier alpha value is -0.600. The van der Waals surface area contributed by atoms with E-state index in [0.717, 1.165) is 31.2 Å². The van der Waals surface area contributed by atoms with Crippen molar-refractivity contribution in [2.75, 3.05) is 6.54 Å². The predicted octanol–water partition coefficient (Wildman–Crippen LogP) is 3.95. The lowest BCUT2D eigenvalue weighted by atomic mass is 9.69. The van der Waals surface area contributed by atoms with E-state index in [1.807, 2.05) is 0 Å². The smallest absolute Gasteiger partial charge is 0.130 e. The van der Waals surface area contributed by atoms with Crippen molar-refractivity contribution in [1.82, 2.24) is 0 Å². The number of aryl methyl sites for hydroxylation is 1. The van der Waals surface area contributed by atoms with Crippen LogP contribution < -0.4 is 5.73 Å². The molecule has 0 aromatic heterocycles. The summed E-state index contributed by atoms with van der Waals surface area (Å²) in [5.41, 5.74) is 7.08. The summed E-state index contributed by atoms with van der Waals surface area (Å²) in [6.45, 7) is 2.27. The molecule has 1 nitrogen and oxygen atoms in total. The third-order valence-electron chi connectivity index (χ3n) is 3.99. The normalized spacial score (nSPS) is 19.3. The highest BCUT2D eigenvalue weighted by Gasteiger charge is 2.35. The first-order chi connectivity index (χ1) is 8.09. The highest BCUT2D eigenvalue weighted by atomic mass is 35.5. The van der Waals surface area contributed by atoms with E-state index in [1.165, 1.54) is 6.42 Å². The molecule has 0 unspecified atom stereocenters. The van der Waals surface area contributed by atoms with Crippen molar-refractivity contribution >= 4 is 11.6 Å². The monoisotopic (exact) mass is 255 g/mol. The standard InChI is InChI=1S/C14H19ClFN/c1-10-7-11(15)8-12(13(10)16)14(9-17)5-3-2-4-6-14/h7-8H,2-6,9,17H2,1H3. The van der Waals surface area contributed by atoms with Gasteiger partial charge in [0.15, 0.2) is 0 Å². The molecule has 0 atom stereocenters. The minimum absolute atomic E-state index is 0.123. The molecular weight excluding hydrogens is 237 g/mol. The second-order valence-corrected chi connectivity index (χ2v) is 5.57. The highest BCUT2D eigenvalue weighted by Crippen LogP contribution is 2.41. The molecule has 0 aliphatic heterocycles. The van der Waals surface area contributed by atoms with Gasteiger partial charge in [-0.05, 0) is 43.0 Å². The van der Waals surface area contributed by atoms with Crippen LogP contribution in [-0.4, -0.2) is 6.54 Å². The molecule has 3 heteroatoms. The molecule has 1 aromatic carbocycles. The summed E-state index contributed by atoms with van der Waals surface area (Å²) in [5.74, 6) is -0.123. The van der Waals surface area contributed by atoms with E-state index >= 15 is 0 Å². The van der Waals surface area contributed by atoms with E-state index in [4.69, 9.17) is 17.3 Å². The molecule has 1 aliphatic carbocycles. The number of hydrogen-bond acceptors (Lipinski definition) is 1. The van der Waals surface area contributed by atoms with E-state index in [2.05, 4.69) is 0 Å². The van der Waals surface area contributed by atoms with Crippen LogP contribution in [0.1, 0.15) is 43.2 Å². The predicted molar refractivity (Wildman–Crippen MR) is 70.0 cm³/mol. The van der Waals surface area contributed by atoms with Crippen LogP contribution in [-0.2, 0) is 5.41 Å². The van der Waals surface area contributed by atoms with Crippen molar-refractivity contribution in [3.63, 3.8) is 0 Å². The van der Waals surface area contributed by atoms with E-state index < -0.39 is 0 Å². The maximum absolute atomic E-state index is 14.3. The Morgan fingerprint density at radius 3 is 2.53 bits per heavy atom. The Kier molecular flexibility index (Phi) is 3.74. The fourth-order valence-corrected chi connectivity index (χ4v) is 3.20. The van der Waals surface area contributed by atoms with Crippen molar-refractivity contribution in [3.8, 4) is 0 Å². The van der Waals surface area contributed by atoms with Gasteiger partial charge in [0.1, 0.15) is 5.82 Å². The highest BCUT2D eigenvalue weighted by molar-refractivity contribution is 6.30. The van der Waals surface area contributed by atoms with Gasteiger partial charge in [0.2, 0.25) is 0 Å². The second-order valence-electron chi connectivity index (χ2n) is 5.13. The topological polar surface area (TPSA) is 26.0 Å². The summed E-state index contributed by atoms with van der Waals surface area (Å²) in [6.07, 6.45) is 5.42. The average Bonchev–Trinajstić information content (AvgIpc) is 2.34. The van der Waals surface area contributed by atoms with Crippen LogP contribution in [0, 0.1) is 12.7 Å².